The fourth-order valence-electron chi connectivity index (χ4n) is 3.53. The van der Waals surface area contributed by atoms with Gasteiger partial charge in [0.05, 0.1) is 0 Å². The third kappa shape index (κ3) is 4.47. The molecule has 0 saturated carbocycles. The number of fused-ring (bicyclic) bond motifs is 1. The van der Waals surface area contributed by atoms with Crippen molar-refractivity contribution in [3.8, 4) is 22.9 Å². The molecule has 0 fully saturated rings. The summed E-state index contributed by atoms with van der Waals surface area (Å²) in [6, 6.07) is 10.6. The first-order valence-corrected chi connectivity index (χ1v) is 10.1. The van der Waals surface area contributed by atoms with Crippen LogP contribution in [0.15, 0.2) is 47.3 Å². The van der Waals surface area contributed by atoms with Gasteiger partial charge in [0.2, 0.25) is 5.91 Å². The predicted molar refractivity (Wildman–Crippen MR) is 115 cm³/mol. The highest BCUT2D eigenvalue weighted by atomic mass is 19.1. The number of aryl methyl sites for hydroxylation is 1. The van der Waals surface area contributed by atoms with E-state index in [9.17, 15) is 19.1 Å². The van der Waals surface area contributed by atoms with Gasteiger partial charge in [-0.25, -0.2) is 9.37 Å². The van der Waals surface area contributed by atoms with E-state index in [1.165, 1.54) is 28.8 Å². The first-order valence-electron chi connectivity index (χ1n) is 10.1. The molecule has 2 aromatic carbocycles. The number of nitrogens with one attached hydrogen (secondary N) is 1. The van der Waals surface area contributed by atoms with E-state index in [0.29, 0.717) is 47.2 Å². The van der Waals surface area contributed by atoms with Gasteiger partial charge in [0.25, 0.3) is 5.56 Å². The number of halogens is 1. The summed E-state index contributed by atoms with van der Waals surface area (Å²) in [7, 11) is 0. The molecule has 9 heteroatoms. The van der Waals surface area contributed by atoms with Crippen LogP contribution in [-0.2, 0) is 17.8 Å². The highest BCUT2D eigenvalue weighted by Crippen LogP contribution is 2.32. The summed E-state index contributed by atoms with van der Waals surface area (Å²) in [5.74, 6) is 0.493. The Hall–Kier alpha value is -3.72. The molecule has 4 rings (SSSR count). The van der Waals surface area contributed by atoms with Crippen molar-refractivity contribution in [3.63, 3.8) is 0 Å². The lowest BCUT2D eigenvalue weighted by Gasteiger charge is -2.19. The Kier molecular flexibility index (Phi) is 6.18. The third-order valence-corrected chi connectivity index (χ3v) is 5.06. The zero-order valence-corrected chi connectivity index (χ0v) is 17.4. The molecule has 0 radical (unpaired) electrons. The summed E-state index contributed by atoms with van der Waals surface area (Å²) in [4.78, 5) is 30.4. The third-order valence-electron chi connectivity index (χ3n) is 5.06. The number of anilines is 1. The number of hydrogen-bond donors (Lipinski definition) is 2. The lowest BCUT2D eigenvalue weighted by atomic mass is 10.1. The molecule has 1 amide bonds. The first-order chi connectivity index (χ1) is 15.5. The van der Waals surface area contributed by atoms with Crippen molar-refractivity contribution in [2.45, 2.75) is 19.9 Å². The Morgan fingerprint density at radius 2 is 1.88 bits per heavy atom. The smallest absolute Gasteiger partial charge is 0.257 e. The Balaban J connectivity index is 1.66. The number of hydrogen-bond acceptors (Lipinski definition) is 6. The molecule has 32 heavy (non-hydrogen) atoms. The maximum absolute atomic E-state index is 13.4. The molecular formula is C23H22FN3O5. The summed E-state index contributed by atoms with van der Waals surface area (Å²) in [6.45, 7) is 2.01. The van der Waals surface area contributed by atoms with Gasteiger partial charge < -0.3 is 19.9 Å². The molecule has 1 aliphatic rings. The van der Waals surface area contributed by atoms with E-state index >= 15 is 0 Å². The van der Waals surface area contributed by atoms with Gasteiger partial charge in [-0.2, -0.15) is 0 Å². The minimum atomic E-state index is -0.451. The van der Waals surface area contributed by atoms with Crippen molar-refractivity contribution < 1.29 is 23.8 Å². The second-order valence-corrected chi connectivity index (χ2v) is 7.28. The molecule has 166 valence electrons. The van der Waals surface area contributed by atoms with Crippen LogP contribution in [0.25, 0.3) is 11.4 Å². The molecule has 0 atom stereocenters. The minimum Gasteiger partial charge on any atom is -0.486 e. The summed E-state index contributed by atoms with van der Waals surface area (Å²) >= 11 is 0. The number of nitrogens with zero attached hydrogens (tertiary/aromatic N) is 2. The molecule has 0 saturated heterocycles. The molecule has 2 heterocycles. The molecule has 0 aliphatic carbocycles. The van der Waals surface area contributed by atoms with Crippen LogP contribution in [0.2, 0.25) is 0 Å². The molecule has 1 aliphatic heterocycles. The normalized spacial score (nSPS) is 12.5. The lowest BCUT2D eigenvalue weighted by Crippen LogP contribution is -2.33. The number of aliphatic hydroxyl groups excluding tert-OH is 1. The largest absolute Gasteiger partial charge is 0.486 e. The van der Waals surface area contributed by atoms with Gasteiger partial charge in [0.15, 0.2) is 11.5 Å². The van der Waals surface area contributed by atoms with E-state index in [0.717, 1.165) is 0 Å². The van der Waals surface area contributed by atoms with Crippen molar-refractivity contribution >= 4 is 11.6 Å². The van der Waals surface area contributed by atoms with Crippen LogP contribution in [0.1, 0.15) is 11.3 Å². The number of ether oxygens (including phenoxy) is 2. The zero-order chi connectivity index (χ0) is 22.7. The number of benzene rings is 2. The number of carbonyl (C=O) groups is 1. The Labute approximate surface area is 183 Å². The molecule has 0 spiro atoms. The molecule has 0 unspecified atom stereocenters. The van der Waals surface area contributed by atoms with E-state index in [2.05, 4.69) is 10.3 Å². The Morgan fingerprint density at radius 1 is 1.16 bits per heavy atom. The zero-order valence-electron chi connectivity index (χ0n) is 17.4. The fourth-order valence-corrected chi connectivity index (χ4v) is 3.53. The van der Waals surface area contributed by atoms with E-state index in [1.54, 1.807) is 25.1 Å². The van der Waals surface area contributed by atoms with Crippen molar-refractivity contribution in [3.05, 3.63) is 69.9 Å². The molecular weight excluding hydrogens is 417 g/mol. The maximum Gasteiger partial charge on any atom is 0.257 e. The number of aliphatic hydroxyl groups is 1. The monoisotopic (exact) mass is 439 g/mol. The second kappa shape index (κ2) is 9.19. The number of carbonyl (C=O) groups excluding carboxylic acids is 1. The average molecular weight is 439 g/mol. The van der Waals surface area contributed by atoms with Crippen molar-refractivity contribution in [2.24, 2.45) is 0 Å². The minimum absolute atomic E-state index is 0.116. The van der Waals surface area contributed by atoms with Gasteiger partial charge in [0, 0.05) is 41.6 Å². The summed E-state index contributed by atoms with van der Waals surface area (Å²) in [5.41, 5.74) is 1.33. The molecule has 0 bridgehead atoms. The van der Waals surface area contributed by atoms with Gasteiger partial charge in [-0.15, -0.1) is 0 Å². The van der Waals surface area contributed by atoms with E-state index < -0.39 is 17.3 Å². The van der Waals surface area contributed by atoms with Crippen LogP contribution in [0.3, 0.4) is 0 Å². The van der Waals surface area contributed by atoms with Crippen molar-refractivity contribution in [1.82, 2.24) is 9.55 Å². The fraction of sp³-hybridized carbons (Fsp3) is 0.261. The van der Waals surface area contributed by atoms with Crippen LogP contribution in [-0.4, -0.2) is 40.4 Å². The van der Waals surface area contributed by atoms with Crippen LogP contribution >= 0.6 is 0 Å². The number of amides is 1. The van der Waals surface area contributed by atoms with Crippen LogP contribution in [0, 0.1) is 12.7 Å². The second-order valence-electron chi connectivity index (χ2n) is 7.28. The van der Waals surface area contributed by atoms with Crippen molar-refractivity contribution in [2.75, 3.05) is 25.1 Å². The molecule has 2 N–H and O–H groups in total. The standard InChI is InChI=1S/C23H22FN3O5/c1-14-18(8-9-28)23(30)27(22(25-14)15-2-4-16(24)5-3-15)13-21(29)26-17-6-7-19-20(12-17)32-11-10-31-19/h2-7,12,28H,8-11,13H2,1H3,(H,26,29). The van der Waals surface area contributed by atoms with Gasteiger partial charge >= 0.3 is 0 Å². The SMILES string of the molecule is Cc1nc(-c2ccc(F)cc2)n(CC(=O)Nc2ccc3c(c2)OCCO3)c(=O)c1CCO. The van der Waals surface area contributed by atoms with Crippen LogP contribution < -0.4 is 20.3 Å². The highest BCUT2D eigenvalue weighted by Gasteiger charge is 2.19. The van der Waals surface area contributed by atoms with E-state index in [-0.39, 0.29) is 25.4 Å². The van der Waals surface area contributed by atoms with Gasteiger partial charge in [-0.1, -0.05) is 0 Å². The molecule has 1 aromatic heterocycles. The Bertz CT molecular complexity index is 1210. The summed E-state index contributed by atoms with van der Waals surface area (Å²) in [6.07, 6.45) is 0.116. The summed E-state index contributed by atoms with van der Waals surface area (Å²) in [5, 5.41) is 12.1. The lowest BCUT2D eigenvalue weighted by molar-refractivity contribution is -0.116. The molecule has 8 nitrogen and oxygen atoms in total. The maximum atomic E-state index is 13.4. The van der Waals surface area contributed by atoms with Crippen LogP contribution in [0.5, 0.6) is 11.5 Å². The van der Waals surface area contributed by atoms with Gasteiger partial charge in [-0.05, 0) is 43.3 Å². The number of aromatic nitrogens is 2. The topological polar surface area (TPSA) is 103 Å². The van der Waals surface area contributed by atoms with Crippen LogP contribution in [0.4, 0.5) is 10.1 Å². The quantitative estimate of drug-likeness (QED) is 0.611. The highest BCUT2D eigenvalue weighted by molar-refractivity contribution is 5.91. The Morgan fingerprint density at radius 3 is 2.59 bits per heavy atom. The first kappa shape index (κ1) is 21.5. The molecule has 3 aromatic rings. The van der Waals surface area contributed by atoms with E-state index in [1.807, 2.05) is 0 Å². The average Bonchev–Trinajstić information content (AvgIpc) is 2.79. The number of rotatable bonds is 6. The van der Waals surface area contributed by atoms with Crippen molar-refractivity contribution in [1.29, 1.82) is 0 Å². The van der Waals surface area contributed by atoms with Gasteiger partial charge in [0.1, 0.15) is 31.4 Å². The predicted octanol–water partition coefficient (Wildman–Crippen LogP) is 2.30. The van der Waals surface area contributed by atoms with Gasteiger partial charge in [-0.3, -0.25) is 14.2 Å². The van der Waals surface area contributed by atoms with E-state index in [4.69, 9.17) is 9.47 Å². The summed E-state index contributed by atoms with van der Waals surface area (Å²) < 4.78 is 25.6.